The van der Waals surface area contributed by atoms with E-state index < -0.39 is 0 Å². The number of carbonyl (C=O) groups is 1. The third-order valence-corrected chi connectivity index (χ3v) is 6.80. The average molecular weight is 487 g/mol. The number of hydrogen-bond donors (Lipinski definition) is 0. The summed E-state index contributed by atoms with van der Waals surface area (Å²) in [4.78, 5) is 22.2. The Morgan fingerprint density at radius 3 is 2.26 bits per heavy atom. The van der Waals surface area contributed by atoms with Crippen molar-refractivity contribution in [3.05, 3.63) is 106 Å². The standard InChI is InChI=1S/C30H31ClN2O2/c1-5-7-24(20-9-11-22(12-10-20)30(34)35-4)28(21-13-15-23(31)16-14-21)29-32-26(6-2)25-18-19(3)8-17-27(25)33-29/h8-18,24,28H,5-7H2,1-4H3. The minimum Gasteiger partial charge on any atom is -0.465 e. The summed E-state index contributed by atoms with van der Waals surface area (Å²) in [5, 5.41) is 1.81. The fourth-order valence-corrected chi connectivity index (χ4v) is 4.91. The second kappa shape index (κ2) is 11.0. The van der Waals surface area contributed by atoms with Crippen LogP contribution in [0, 0.1) is 6.92 Å². The molecule has 0 amide bonds. The maximum Gasteiger partial charge on any atom is 0.337 e. The van der Waals surface area contributed by atoms with Crippen molar-refractivity contribution < 1.29 is 9.53 Å². The highest BCUT2D eigenvalue weighted by Gasteiger charge is 2.29. The smallest absolute Gasteiger partial charge is 0.337 e. The van der Waals surface area contributed by atoms with Crippen LogP contribution in [-0.4, -0.2) is 23.0 Å². The maximum atomic E-state index is 12.0. The lowest BCUT2D eigenvalue weighted by molar-refractivity contribution is 0.0600. The van der Waals surface area contributed by atoms with E-state index in [-0.39, 0.29) is 17.8 Å². The molecule has 4 nitrogen and oxygen atoms in total. The SMILES string of the molecule is CCCC(c1ccc(C(=O)OC)cc1)C(c1ccc(Cl)cc1)c1nc(CC)c2cc(C)ccc2n1. The predicted molar refractivity (Wildman–Crippen MR) is 142 cm³/mol. The van der Waals surface area contributed by atoms with Crippen LogP contribution in [0.3, 0.4) is 0 Å². The molecule has 2 unspecified atom stereocenters. The number of rotatable bonds is 8. The van der Waals surface area contributed by atoms with Gasteiger partial charge in [-0.3, -0.25) is 0 Å². The van der Waals surface area contributed by atoms with Crippen LogP contribution in [-0.2, 0) is 11.2 Å². The van der Waals surface area contributed by atoms with Gasteiger partial charge in [-0.05, 0) is 73.2 Å². The lowest BCUT2D eigenvalue weighted by Gasteiger charge is -2.28. The highest BCUT2D eigenvalue weighted by atomic mass is 35.5. The van der Waals surface area contributed by atoms with Crippen molar-refractivity contribution in [2.75, 3.05) is 7.11 Å². The molecule has 0 saturated heterocycles. The van der Waals surface area contributed by atoms with Gasteiger partial charge in [0, 0.05) is 10.4 Å². The average Bonchev–Trinajstić information content (AvgIpc) is 2.88. The van der Waals surface area contributed by atoms with Crippen LogP contribution in [0.1, 0.15) is 77.1 Å². The summed E-state index contributed by atoms with van der Waals surface area (Å²) in [6, 6.07) is 22.1. The number of esters is 1. The van der Waals surface area contributed by atoms with Gasteiger partial charge in [0.2, 0.25) is 0 Å². The Labute approximate surface area is 212 Å². The van der Waals surface area contributed by atoms with Crippen molar-refractivity contribution in [2.45, 2.75) is 51.9 Å². The molecule has 0 N–H and O–H groups in total. The monoisotopic (exact) mass is 486 g/mol. The van der Waals surface area contributed by atoms with E-state index in [0.29, 0.717) is 10.6 Å². The zero-order valence-electron chi connectivity index (χ0n) is 20.7. The maximum absolute atomic E-state index is 12.0. The number of fused-ring (bicyclic) bond motifs is 1. The van der Waals surface area contributed by atoms with Crippen LogP contribution >= 0.6 is 11.6 Å². The van der Waals surface area contributed by atoms with Gasteiger partial charge in [-0.2, -0.15) is 0 Å². The molecule has 0 radical (unpaired) electrons. The molecule has 35 heavy (non-hydrogen) atoms. The fourth-order valence-electron chi connectivity index (χ4n) is 4.79. The predicted octanol–water partition coefficient (Wildman–Crippen LogP) is 7.66. The van der Waals surface area contributed by atoms with Crippen molar-refractivity contribution in [1.82, 2.24) is 9.97 Å². The number of carbonyl (C=O) groups excluding carboxylic acids is 1. The summed E-state index contributed by atoms with van der Waals surface area (Å²) in [5.74, 6) is 0.544. The van der Waals surface area contributed by atoms with Crippen LogP contribution in [0.2, 0.25) is 5.02 Å². The third-order valence-electron chi connectivity index (χ3n) is 6.55. The zero-order valence-corrected chi connectivity index (χ0v) is 21.5. The summed E-state index contributed by atoms with van der Waals surface area (Å²) in [7, 11) is 1.40. The minimum absolute atomic E-state index is 0.0628. The van der Waals surface area contributed by atoms with E-state index in [4.69, 9.17) is 26.3 Å². The van der Waals surface area contributed by atoms with Crippen molar-refractivity contribution in [3.8, 4) is 0 Å². The van der Waals surface area contributed by atoms with Gasteiger partial charge >= 0.3 is 5.97 Å². The van der Waals surface area contributed by atoms with E-state index in [1.165, 1.54) is 12.7 Å². The summed E-state index contributed by atoms with van der Waals surface area (Å²) in [6.45, 7) is 6.43. The number of methoxy groups -OCH3 is 1. The van der Waals surface area contributed by atoms with E-state index >= 15 is 0 Å². The lowest BCUT2D eigenvalue weighted by Crippen LogP contribution is -2.17. The number of hydrogen-bond acceptors (Lipinski definition) is 4. The number of aromatic nitrogens is 2. The molecule has 1 aromatic heterocycles. The van der Waals surface area contributed by atoms with Crippen LogP contribution in [0.4, 0.5) is 0 Å². The van der Waals surface area contributed by atoms with E-state index in [0.717, 1.165) is 52.8 Å². The van der Waals surface area contributed by atoms with Gasteiger partial charge in [-0.25, -0.2) is 14.8 Å². The van der Waals surface area contributed by atoms with Gasteiger partial charge in [-0.1, -0.05) is 67.8 Å². The summed E-state index contributed by atoms with van der Waals surface area (Å²) in [5.41, 5.74) is 6.03. The molecule has 0 saturated carbocycles. The number of halogens is 1. The lowest BCUT2D eigenvalue weighted by atomic mass is 9.78. The highest BCUT2D eigenvalue weighted by Crippen LogP contribution is 2.41. The summed E-state index contributed by atoms with van der Waals surface area (Å²) in [6.07, 6.45) is 2.78. The minimum atomic E-state index is -0.335. The van der Waals surface area contributed by atoms with E-state index in [1.54, 1.807) is 0 Å². The Balaban J connectivity index is 1.90. The van der Waals surface area contributed by atoms with Gasteiger partial charge in [0.1, 0.15) is 5.82 Å². The Hall–Kier alpha value is -3.24. The normalized spacial score (nSPS) is 12.9. The first-order valence-corrected chi connectivity index (χ1v) is 12.5. The molecule has 3 aromatic carbocycles. The molecule has 0 bridgehead atoms. The van der Waals surface area contributed by atoms with Gasteiger partial charge in [0.25, 0.3) is 0 Å². The van der Waals surface area contributed by atoms with Crippen molar-refractivity contribution >= 4 is 28.5 Å². The molecule has 2 atom stereocenters. The van der Waals surface area contributed by atoms with Crippen molar-refractivity contribution in [2.24, 2.45) is 0 Å². The molecule has 0 fully saturated rings. The van der Waals surface area contributed by atoms with E-state index in [1.807, 2.05) is 36.4 Å². The van der Waals surface area contributed by atoms with Crippen molar-refractivity contribution in [3.63, 3.8) is 0 Å². The number of aryl methyl sites for hydroxylation is 2. The first-order chi connectivity index (χ1) is 16.9. The second-order valence-corrected chi connectivity index (χ2v) is 9.38. The molecule has 0 aliphatic carbocycles. The molecule has 4 rings (SSSR count). The first-order valence-electron chi connectivity index (χ1n) is 12.2. The Bertz CT molecular complexity index is 1320. The van der Waals surface area contributed by atoms with Crippen LogP contribution in [0.5, 0.6) is 0 Å². The molecular formula is C30H31ClN2O2. The molecule has 4 aromatic rings. The quantitative estimate of drug-likeness (QED) is 0.240. The molecule has 0 aliphatic rings. The van der Waals surface area contributed by atoms with Gasteiger partial charge in [0.05, 0.1) is 29.8 Å². The topological polar surface area (TPSA) is 52.1 Å². The number of ether oxygens (including phenoxy) is 1. The summed E-state index contributed by atoms with van der Waals surface area (Å²) >= 11 is 6.25. The highest BCUT2D eigenvalue weighted by molar-refractivity contribution is 6.30. The second-order valence-electron chi connectivity index (χ2n) is 8.94. The Morgan fingerprint density at radius 1 is 0.943 bits per heavy atom. The molecule has 0 spiro atoms. The van der Waals surface area contributed by atoms with Gasteiger partial charge in [0.15, 0.2) is 0 Å². The number of nitrogens with zero attached hydrogens (tertiary/aromatic N) is 2. The van der Waals surface area contributed by atoms with Crippen LogP contribution in [0.15, 0.2) is 66.7 Å². The van der Waals surface area contributed by atoms with E-state index in [2.05, 4.69) is 51.1 Å². The van der Waals surface area contributed by atoms with E-state index in [9.17, 15) is 4.79 Å². The Kier molecular flexibility index (Phi) is 7.82. The van der Waals surface area contributed by atoms with Gasteiger partial charge in [-0.15, -0.1) is 0 Å². The molecule has 0 aliphatic heterocycles. The molecule has 5 heteroatoms. The number of benzene rings is 3. The molecule has 180 valence electrons. The molecular weight excluding hydrogens is 456 g/mol. The van der Waals surface area contributed by atoms with Crippen LogP contribution in [0.25, 0.3) is 10.9 Å². The zero-order chi connectivity index (χ0) is 24.9. The fraction of sp³-hybridized carbons (Fsp3) is 0.300. The largest absolute Gasteiger partial charge is 0.465 e. The van der Waals surface area contributed by atoms with Crippen LogP contribution < -0.4 is 0 Å². The molecule has 1 heterocycles. The summed E-state index contributed by atoms with van der Waals surface area (Å²) < 4.78 is 4.88. The Morgan fingerprint density at radius 2 is 1.63 bits per heavy atom. The first kappa shape index (κ1) is 24.9. The third kappa shape index (κ3) is 5.38. The van der Waals surface area contributed by atoms with Gasteiger partial charge < -0.3 is 4.74 Å². The van der Waals surface area contributed by atoms with Crippen molar-refractivity contribution in [1.29, 1.82) is 0 Å².